The highest BCUT2D eigenvalue weighted by molar-refractivity contribution is 5.72. The van der Waals surface area contributed by atoms with E-state index in [1.807, 2.05) is 0 Å². The number of hydrogen-bond donors (Lipinski definition) is 0. The van der Waals surface area contributed by atoms with Gasteiger partial charge in [-0.15, -0.1) is 0 Å². The molecular weight excluding hydrogens is 188 g/mol. The Kier molecular flexibility index (Phi) is 8.44. The zero-order valence-corrected chi connectivity index (χ0v) is 10.7. The molecule has 0 aromatic heterocycles. The summed E-state index contributed by atoms with van der Waals surface area (Å²) in [6.07, 6.45) is 6.11. The molecule has 0 saturated carbocycles. The Bertz CT molecular complexity index is 162. The Morgan fingerprint density at radius 1 is 1.07 bits per heavy atom. The van der Waals surface area contributed by atoms with Gasteiger partial charge < -0.3 is 4.74 Å². The lowest BCUT2D eigenvalue weighted by Gasteiger charge is -2.19. The molecule has 2 heteroatoms. The lowest BCUT2D eigenvalue weighted by Crippen LogP contribution is -2.23. The number of hydrogen-bond acceptors (Lipinski definition) is 2. The quantitative estimate of drug-likeness (QED) is 0.572. The van der Waals surface area contributed by atoms with E-state index < -0.39 is 0 Å². The molecule has 0 aliphatic carbocycles. The molecule has 0 fully saturated rings. The maximum absolute atomic E-state index is 11.8. The number of unbranched alkanes of at least 4 members (excludes halogenated alkanes) is 1. The normalized spacial score (nSPS) is 12.9. The molecule has 0 rings (SSSR count). The molecule has 90 valence electrons. The minimum absolute atomic E-state index is 0.0136. The van der Waals surface area contributed by atoms with Crippen LogP contribution in [-0.4, -0.2) is 12.1 Å². The Morgan fingerprint density at radius 3 is 2.07 bits per heavy atom. The van der Waals surface area contributed by atoms with Gasteiger partial charge in [0.1, 0.15) is 6.10 Å². The first-order valence-electron chi connectivity index (χ1n) is 6.39. The Morgan fingerprint density at radius 2 is 1.67 bits per heavy atom. The zero-order valence-electron chi connectivity index (χ0n) is 10.7. The van der Waals surface area contributed by atoms with Gasteiger partial charge >= 0.3 is 5.97 Å². The molecule has 0 saturated heterocycles. The van der Waals surface area contributed by atoms with Gasteiger partial charge in [-0.25, -0.2) is 0 Å². The van der Waals surface area contributed by atoms with Crippen molar-refractivity contribution >= 4 is 5.97 Å². The summed E-state index contributed by atoms with van der Waals surface area (Å²) >= 11 is 0. The second-order valence-corrected chi connectivity index (χ2v) is 4.12. The minimum atomic E-state index is 0.0136. The van der Waals surface area contributed by atoms with Crippen LogP contribution in [-0.2, 0) is 9.53 Å². The van der Waals surface area contributed by atoms with Gasteiger partial charge in [0.15, 0.2) is 0 Å². The minimum Gasteiger partial charge on any atom is -0.462 e. The number of rotatable bonds is 8. The largest absolute Gasteiger partial charge is 0.462 e. The fourth-order valence-corrected chi connectivity index (χ4v) is 1.65. The Labute approximate surface area is 94.4 Å². The monoisotopic (exact) mass is 214 g/mol. The predicted molar refractivity (Wildman–Crippen MR) is 63.8 cm³/mol. The van der Waals surface area contributed by atoms with Crippen LogP contribution in [0.4, 0.5) is 0 Å². The van der Waals surface area contributed by atoms with E-state index in [1.54, 1.807) is 0 Å². The van der Waals surface area contributed by atoms with Crippen LogP contribution in [0.25, 0.3) is 0 Å². The van der Waals surface area contributed by atoms with E-state index in [-0.39, 0.29) is 18.0 Å². The van der Waals surface area contributed by atoms with Crippen molar-refractivity contribution in [1.29, 1.82) is 0 Å². The standard InChI is InChI=1S/C13H26O2/c1-5-9-10-11(6-2)13(14)15-12(7-3)8-4/h11-12H,5-10H2,1-4H3. The second kappa shape index (κ2) is 8.75. The fourth-order valence-electron chi connectivity index (χ4n) is 1.65. The first-order valence-corrected chi connectivity index (χ1v) is 6.39. The van der Waals surface area contributed by atoms with E-state index in [2.05, 4.69) is 27.7 Å². The van der Waals surface area contributed by atoms with E-state index >= 15 is 0 Å². The number of carbonyl (C=O) groups excluding carboxylic acids is 1. The molecule has 1 unspecified atom stereocenters. The number of carbonyl (C=O) groups is 1. The Hall–Kier alpha value is -0.530. The van der Waals surface area contributed by atoms with Crippen LogP contribution < -0.4 is 0 Å². The molecule has 1 atom stereocenters. The van der Waals surface area contributed by atoms with Crippen molar-refractivity contribution in [3.05, 3.63) is 0 Å². The molecule has 0 amide bonds. The molecule has 0 aromatic carbocycles. The fraction of sp³-hybridized carbons (Fsp3) is 0.923. The van der Waals surface area contributed by atoms with E-state index in [4.69, 9.17) is 4.74 Å². The molecule has 0 bridgehead atoms. The molecule has 0 aliphatic heterocycles. The van der Waals surface area contributed by atoms with Crippen molar-refractivity contribution in [2.45, 2.75) is 72.3 Å². The third kappa shape index (κ3) is 5.81. The van der Waals surface area contributed by atoms with Crippen molar-refractivity contribution in [3.63, 3.8) is 0 Å². The van der Waals surface area contributed by atoms with Gasteiger partial charge in [0.05, 0.1) is 5.92 Å². The van der Waals surface area contributed by atoms with Gasteiger partial charge in [0.2, 0.25) is 0 Å². The van der Waals surface area contributed by atoms with Crippen LogP contribution in [0.5, 0.6) is 0 Å². The highest BCUT2D eigenvalue weighted by Crippen LogP contribution is 2.16. The second-order valence-electron chi connectivity index (χ2n) is 4.12. The lowest BCUT2D eigenvalue weighted by atomic mass is 9.99. The van der Waals surface area contributed by atoms with Gasteiger partial charge in [-0.1, -0.05) is 40.5 Å². The van der Waals surface area contributed by atoms with Crippen LogP contribution in [0.1, 0.15) is 66.2 Å². The summed E-state index contributed by atoms with van der Waals surface area (Å²) in [5.41, 5.74) is 0. The molecule has 0 heterocycles. The summed E-state index contributed by atoms with van der Waals surface area (Å²) in [6, 6.07) is 0. The van der Waals surface area contributed by atoms with Gasteiger partial charge in [-0.05, 0) is 25.7 Å². The van der Waals surface area contributed by atoms with Gasteiger partial charge in [0, 0.05) is 0 Å². The average molecular weight is 214 g/mol. The highest BCUT2D eigenvalue weighted by Gasteiger charge is 2.19. The van der Waals surface area contributed by atoms with E-state index in [0.717, 1.165) is 38.5 Å². The Balaban J connectivity index is 4.02. The molecular formula is C13H26O2. The van der Waals surface area contributed by atoms with Crippen molar-refractivity contribution < 1.29 is 9.53 Å². The summed E-state index contributed by atoms with van der Waals surface area (Å²) in [7, 11) is 0. The molecule has 0 radical (unpaired) electrons. The topological polar surface area (TPSA) is 26.3 Å². The number of esters is 1. The molecule has 2 nitrogen and oxygen atoms in total. The molecule has 0 aromatic rings. The molecule has 15 heavy (non-hydrogen) atoms. The summed E-state index contributed by atoms with van der Waals surface area (Å²) in [5, 5.41) is 0. The predicted octanol–water partition coefficient (Wildman–Crippen LogP) is 3.93. The smallest absolute Gasteiger partial charge is 0.309 e. The third-order valence-corrected chi connectivity index (χ3v) is 2.93. The molecule has 0 N–H and O–H groups in total. The maximum atomic E-state index is 11.8. The van der Waals surface area contributed by atoms with Crippen LogP contribution in [0, 0.1) is 5.92 Å². The molecule has 0 spiro atoms. The SMILES string of the molecule is CCCCC(CC)C(=O)OC(CC)CC. The summed E-state index contributed by atoms with van der Waals surface area (Å²) < 4.78 is 5.46. The summed E-state index contributed by atoms with van der Waals surface area (Å²) in [5.74, 6) is 0.130. The van der Waals surface area contributed by atoms with Crippen LogP contribution in [0.15, 0.2) is 0 Å². The molecule has 0 aliphatic rings. The number of ether oxygens (including phenoxy) is 1. The summed E-state index contributed by atoms with van der Waals surface area (Å²) in [6.45, 7) is 8.34. The van der Waals surface area contributed by atoms with Gasteiger partial charge in [-0.3, -0.25) is 4.79 Å². The lowest BCUT2D eigenvalue weighted by molar-refractivity contribution is -0.154. The highest BCUT2D eigenvalue weighted by atomic mass is 16.5. The van der Waals surface area contributed by atoms with Crippen molar-refractivity contribution in [3.8, 4) is 0 Å². The van der Waals surface area contributed by atoms with Crippen LogP contribution in [0.3, 0.4) is 0 Å². The van der Waals surface area contributed by atoms with Crippen LogP contribution in [0.2, 0.25) is 0 Å². The first kappa shape index (κ1) is 14.5. The van der Waals surface area contributed by atoms with E-state index in [1.165, 1.54) is 0 Å². The van der Waals surface area contributed by atoms with Gasteiger partial charge in [-0.2, -0.15) is 0 Å². The van der Waals surface area contributed by atoms with Crippen molar-refractivity contribution in [2.75, 3.05) is 0 Å². The van der Waals surface area contributed by atoms with E-state index in [9.17, 15) is 4.79 Å². The van der Waals surface area contributed by atoms with Gasteiger partial charge in [0.25, 0.3) is 0 Å². The van der Waals surface area contributed by atoms with Crippen LogP contribution >= 0.6 is 0 Å². The average Bonchev–Trinajstić information content (AvgIpc) is 2.26. The maximum Gasteiger partial charge on any atom is 0.309 e. The zero-order chi connectivity index (χ0) is 11.7. The third-order valence-electron chi connectivity index (χ3n) is 2.93. The van der Waals surface area contributed by atoms with Crippen molar-refractivity contribution in [1.82, 2.24) is 0 Å². The van der Waals surface area contributed by atoms with E-state index in [0.29, 0.717) is 0 Å². The van der Waals surface area contributed by atoms with Crippen molar-refractivity contribution in [2.24, 2.45) is 5.92 Å². The summed E-state index contributed by atoms with van der Waals surface area (Å²) in [4.78, 5) is 11.8. The first-order chi connectivity index (χ1) is 7.19.